The third-order valence-electron chi connectivity index (χ3n) is 7.35. The van der Waals surface area contributed by atoms with Gasteiger partial charge in [-0.25, -0.2) is 15.0 Å². The van der Waals surface area contributed by atoms with Gasteiger partial charge in [0.05, 0.1) is 27.9 Å². The molecule has 5 nitrogen and oxygen atoms in total. The maximum Gasteiger partial charge on any atom is 0.180 e. The van der Waals surface area contributed by atoms with Crippen molar-refractivity contribution in [2.24, 2.45) is 0 Å². The minimum Gasteiger partial charge on any atom is -0.254 e. The number of pyridine rings is 3. The largest absolute Gasteiger partial charge is 0.254 e. The molecule has 8 rings (SSSR count). The first-order valence-electron chi connectivity index (χ1n) is 13.2. The SMILES string of the molecule is c1ccc(-c2cc(-c3ccccc3)nc(-c3nc4ccccc4c4c3cnc3c4ccc4cccnc43)n2)cc1. The van der Waals surface area contributed by atoms with Gasteiger partial charge in [0.15, 0.2) is 5.82 Å². The second-order valence-electron chi connectivity index (χ2n) is 9.76. The van der Waals surface area contributed by atoms with Gasteiger partial charge in [-0.3, -0.25) is 9.97 Å². The number of hydrogen-bond acceptors (Lipinski definition) is 5. The van der Waals surface area contributed by atoms with Crippen LogP contribution in [0.5, 0.6) is 0 Å². The van der Waals surface area contributed by atoms with Crippen molar-refractivity contribution >= 4 is 43.5 Å². The summed E-state index contributed by atoms with van der Waals surface area (Å²) in [4.78, 5) is 24.9. The van der Waals surface area contributed by atoms with Crippen molar-refractivity contribution < 1.29 is 0 Å². The predicted molar refractivity (Wildman–Crippen MR) is 162 cm³/mol. The molecule has 0 fully saturated rings. The molecule has 0 atom stereocenters. The Labute approximate surface area is 229 Å². The Bertz CT molecular complexity index is 2150. The summed E-state index contributed by atoms with van der Waals surface area (Å²) in [6.07, 6.45) is 3.72. The first-order chi connectivity index (χ1) is 19.8. The number of aromatic nitrogens is 5. The van der Waals surface area contributed by atoms with Gasteiger partial charge in [-0.2, -0.15) is 0 Å². The van der Waals surface area contributed by atoms with Gasteiger partial charge in [-0.15, -0.1) is 0 Å². The van der Waals surface area contributed by atoms with E-state index in [0.717, 1.165) is 66.0 Å². The molecule has 40 heavy (non-hydrogen) atoms. The van der Waals surface area contributed by atoms with E-state index in [0.29, 0.717) is 11.5 Å². The molecule has 0 saturated heterocycles. The molecular weight excluding hydrogens is 490 g/mol. The number of nitrogens with zero attached hydrogens (tertiary/aromatic N) is 5. The molecule has 0 aliphatic rings. The summed E-state index contributed by atoms with van der Waals surface area (Å²) in [6, 6.07) is 38.9. The van der Waals surface area contributed by atoms with Gasteiger partial charge in [0, 0.05) is 50.5 Å². The monoisotopic (exact) mass is 511 g/mol. The van der Waals surface area contributed by atoms with Gasteiger partial charge in [-0.05, 0) is 18.2 Å². The van der Waals surface area contributed by atoms with Crippen LogP contribution in [0, 0.1) is 0 Å². The van der Waals surface area contributed by atoms with Gasteiger partial charge >= 0.3 is 0 Å². The molecule has 186 valence electrons. The van der Waals surface area contributed by atoms with Crippen LogP contribution in [0.2, 0.25) is 0 Å². The predicted octanol–water partition coefficient (Wildman–Crippen LogP) is 8.28. The lowest BCUT2D eigenvalue weighted by Crippen LogP contribution is -1.99. The van der Waals surface area contributed by atoms with E-state index in [9.17, 15) is 0 Å². The fourth-order valence-corrected chi connectivity index (χ4v) is 5.47. The maximum atomic E-state index is 5.13. The van der Waals surface area contributed by atoms with Crippen molar-refractivity contribution in [1.29, 1.82) is 0 Å². The molecule has 0 amide bonds. The zero-order chi connectivity index (χ0) is 26.5. The lowest BCUT2D eigenvalue weighted by molar-refractivity contribution is 1.16. The lowest BCUT2D eigenvalue weighted by atomic mass is 9.99. The first-order valence-corrected chi connectivity index (χ1v) is 13.2. The van der Waals surface area contributed by atoms with Crippen molar-refractivity contribution in [1.82, 2.24) is 24.9 Å². The van der Waals surface area contributed by atoms with Crippen molar-refractivity contribution in [2.45, 2.75) is 0 Å². The minimum absolute atomic E-state index is 0.566. The molecular formula is C35H21N5. The van der Waals surface area contributed by atoms with E-state index in [1.807, 2.05) is 73.1 Å². The summed E-state index contributed by atoms with van der Waals surface area (Å²) < 4.78 is 0. The van der Waals surface area contributed by atoms with Gasteiger partial charge in [0.1, 0.15) is 5.69 Å². The van der Waals surface area contributed by atoms with Crippen LogP contribution in [0.1, 0.15) is 0 Å². The molecule has 4 heterocycles. The van der Waals surface area contributed by atoms with Crippen LogP contribution in [0.25, 0.3) is 77.5 Å². The van der Waals surface area contributed by atoms with Gasteiger partial charge in [0.25, 0.3) is 0 Å². The molecule has 0 aliphatic carbocycles. The van der Waals surface area contributed by atoms with Crippen molar-refractivity contribution in [3.8, 4) is 34.0 Å². The molecule has 0 aliphatic heterocycles. The Balaban J connectivity index is 1.49. The molecule has 5 heteroatoms. The summed E-state index contributed by atoms with van der Waals surface area (Å²) >= 11 is 0. The van der Waals surface area contributed by atoms with E-state index in [1.165, 1.54) is 0 Å². The van der Waals surface area contributed by atoms with E-state index < -0.39 is 0 Å². The molecule has 0 bridgehead atoms. The Morgan fingerprint density at radius 2 is 1.18 bits per heavy atom. The van der Waals surface area contributed by atoms with Gasteiger partial charge in [0.2, 0.25) is 0 Å². The van der Waals surface area contributed by atoms with Gasteiger partial charge in [-0.1, -0.05) is 97.1 Å². The topological polar surface area (TPSA) is 64.5 Å². The standard InChI is InChI=1S/C35H21N5/c1-3-10-22(11-4-1)29-20-30(23-12-5-2-6-13-23)40-35(39-29)34-27-21-37-33-26(18-17-24-14-9-19-36-32(24)33)31(27)25-15-7-8-16-28(25)38-34/h1-21H. The van der Waals surface area contributed by atoms with Crippen LogP contribution in [0.15, 0.2) is 128 Å². The van der Waals surface area contributed by atoms with E-state index in [1.54, 1.807) is 0 Å². The number of fused-ring (bicyclic) bond motifs is 7. The lowest BCUT2D eigenvalue weighted by Gasteiger charge is -2.14. The molecule has 8 aromatic rings. The smallest absolute Gasteiger partial charge is 0.180 e. The summed E-state index contributed by atoms with van der Waals surface area (Å²) in [6.45, 7) is 0. The molecule has 0 radical (unpaired) electrons. The average molecular weight is 512 g/mol. The van der Waals surface area contributed by atoms with E-state index in [-0.39, 0.29) is 0 Å². The fraction of sp³-hybridized carbons (Fsp3) is 0. The van der Waals surface area contributed by atoms with Crippen LogP contribution in [0.3, 0.4) is 0 Å². The highest BCUT2D eigenvalue weighted by atomic mass is 14.9. The minimum atomic E-state index is 0.566. The van der Waals surface area contributed by atoms with E-state index in [4.69, 9.17) is 19.9 Å². The molecule has 0 saturated carbocycles. The zero-order valence-electron chi connectivity index (χ0n) is 21.4. The van der Waals surface area contributed by atoms with Gasteiger partial charge < -0.3 is 0 Å². The zero-order valence-corrected chi connectivity index (χ0v) is 21.4. The van der Waals surface area contributed by atoms with E-state index >= 15 is 0 Å². The van der Waals surface area contributed by atoms with Crippen molar-refractivity contribution in [3.05, 3.63) is 128 Å². The molecule has 0 N–H and O–H groups in total. The highest BCUT2D eigenvalue weighted by Gasteiger charge is 2.19. The number of hydrogen-bond donors (Lipinski definition) is 0. The third-order valence-corrected chi connectivity index (χ3v) is 7.35. The molecule has 4 aromatic heterocycles. The van der Waals surface area contributed by atoms with Crippen LogP contribution < -0.4 is 0 Å². The Morgan fingerprint density at radius 1 is 0.475 bits per heavy atom. The second-order valence-corrected chi connectivity index (χ2v) is 9.76. The number of rotatable bonds is 3. The second kappa shape index (κ2) is 9.03. The normalized spacial score (nSPS) is 11.5. The Hall–Kier alpha value is -5.55. The molecule has 4 aromatic carbocycles. The van der Waals surface area contributed by atoms with Crippen molar-refractivity contribution in [2.75, 3.05) is 0 Å². The summed E-state index contributed by atoms with van der Waals surface area (Å²) in [5.74, 6) is 0.566. The summed E-state index contributed by atoms with van der Waals surface area (Å²) in [5, 5.41) is 5.14. The van der Waals surface area contributed by atoms with Crippen LogP contribution in [-0.4, -0.2) is 24.9 Å². The Kier molecular flexibility index (Phi) is 5.07. The molecule has 0 unspecified atom stereocenters. The summed E-state index contributed by atoms with van der Waals surface area (Å²) in [5.41, 5.74) is 7.08. The number of para-hydroxylation sites is 1. The highest BCUT2D eigenvalue weighted by Crippen LogP contribution is 2.37. The third kappa shape index (κ3) is 3.60. The number of benzene rings is 4. The maximum absolute atomic E-state index is 5.13. The van der Waals surface area contributed by atoms with Crippen molar-refractivity contribution in [3.63, 3.8) is 0 Å². The average Bonchev–Trinajstić information content (AvgIpc) is 3.04. The van der Waals surface area contributed by atoms with Crippen LogP contribution in [0.4, 0.5) is 0 Å². The fourth-order valence-electron chi connectivity index (χ4n) is 5.47. The summed E-state index contributed by atoms with van der Waals surface area (Å²) in [7, 11) is 0. The van der Waals surface area contributed by atoms with E-state index in [2.05, 4.69) is 59.6 Å². The Morgan fingerprint density at radius 3 is 1.93 bits per heavy atom. The highest BCUT2D eigenvalue weighted by molar-refractivity contribution is 6.24. The molecule has 0 spiro atoms. The van der Waals surface area contributed by atoms with Crippen LogP contribution in [-0.2, 0) is 0 Å². The van der Waals surface area contributed by atoms with Crippen LogP contribution >= 0.6 is 0 Å². The first kappa shape index (κ1) is 22.4. The quantitative estimate of drug-likeness (QED) is 0.223.